The smallest absolute Gasteiger partial charge is 0.122 e. The lowest BCUT2D eigenvalue weighted by Crippen LogP contribution is -2.20. The van der Waals surface area contributed by atoms with Crippen LogP contribution in [0.1, 0.15) is 5.56 Å². The van der Waals surface area contributed by atoms with E-state index in [1.807, 2.05) is 30.3 Å². The average molecular weight is 335 g/mol. The van der Waals surface area contributed by atoms with Crippen molar-refractivity contribution in [3.63, 3.8) is 0 Å². The first kappa shape index (κ1) is 14.7. The Morgan fingerprint density at radius 1 is 1.20 bits per heavy atom. The molecule has 0 radical (unpaired) electrons. The number of rotatable bonds is 5. The molecule has 2 rings (SSSR count). The van der Waals surface area contributed by atoms with E-state index in [4.69, 9.17) is 10.5 Å². The van der Waals surface area contributed by atoms with Crippen LogP contribution in [0.25, 0.3) is 0 Å². The summed E-state index contributed by atoms with van der Waals surface area (Å²) >= 11 is 3.50. The Labute approximate surface area is 128 Å². The minimum absolute atomic E-state index is 0.786. The van der Waals surface area contributed by atoms with Crippen LogP contribution in [-0.4, -0.2) is 20.7 Å². The molecule has 0 bridgehead atoms. The van der Waals surface area contributed by atoms with E-state index in [-0.39, 0.29) is 0 Å². The number of nitrogens with two attached hydrogens (primary N) is 1. The molecule has 0 aromatic heterocycles. The number of benzene rings is 2. The monoisotopic (exact) mass is 334 g/mol. The van der Waals surface area contributed by atoms with Crippen molar-refractivity contribution < 1.29 is 4.74 Å². The zero-order chi connectivity index (χ0) is 14.5. The van der Waals surface area contributed by atoms with Gasteiger partial charge < -0.3 is 15.4 Å². The maximum absolute atomic E-state index is 5.82. The molecule has 0 aliphatic rings. The number of nitrogen functional groups attached to an aromatic ring is 1. The number of halogens is 1. The van der Waals surface area contributed by atoms with Crippen molar-refractivity contribution >= 4 is 27.3 Å². The topological polar surface area (TPSA) is 38.5 Å². The maximum Gasteiger partial charge on any atom is 0.122 e. The first-order valence-corrected chi connectivity index (χ1v) is 7.28. The third-order valence-corrected chi connectivity index (χ3v) is 3.76. The Bertz CT molecular complexity index is 586. The SMILES string of the molecule is COc1ccc(Br)cc1CCN(C)c1cccc(N)c1. The Hall–Kier alpha value is -1.68. The summed E-state index contributed by atoms with van der Waals surface area (Å²) in [7, 11) is 3.77. The summed E-state index contributed by atoms with van der Waals surface area (Å²) in [5.41, 5.74) is 8.92. The van der Waals surface area contributed by atoms with Gasteiger partial charge in [-0.05, 0) is 48.4 Å². The molecule has 20 heavy (non-hydrogen) atoms. The van der Waals surface area contributed by atoms with Crippen molar-refractivity contribution in [1.82, 2.24) is 0 Å². The third kappa shape index (κ3) is 3.67. The van der Waals surface area contributed by atoms with Gasteiger partial charge in [0, 0.05) is 29.4 Å². The van der Waals surface area contributed by atoms with E-state index in [0.717, 1.165) is 34.6 Å². The van der Waals surface area contributed by atoms with Crippen molar-refractivity contribution in [3.8, 4) is 5.75 Å². The molecule has 4 heteroatoms. The van der Waals surface area contributed by atoms with Crippen LogP contribution in [0.5, 0.6) is 5.75 Å². The molecular weight excluding hydrogens is 316 g/mol. The van der Waals surface area contributed by atoms with Crippen LogP contribution in [-0.2, 0) is 6.42 Å². The third-order valence-electron chi connectivity index (χ3n) is 3.27. The molecule has 0 saturated carbocycles. The normalized spacial score (nSPS) is 10.3. The predicted octanol–water partition coefficient (Wildman–Crippen LogP) is 3.72. The number of hydrogen-bond acceptors (Lipinski definition) is 3. The Balaban J connectivity index is 2.06. The number of nitrogens with zero attached hydrogens (tertiary/aromatic N) is 1. The number of ether oxygens (including phenoxy) is 1. The van der Waals surface area contributed by atoms with Crippen molar-refractivity contribution in [1.29, 1.82) is 0 Å². The molecule has 0 aliphatic carbocycles. The first-order chi connectivity index (χ1) is 9.60. The minimum Gasteiger partial charge on any atom is -0.496 e. The Morgan fingerprint density at radius 3 is 2.70 bits per heavy atom. The molecule has 0 atom stereocenters. The second-order valence-electron chi connectivity index (χ2n) is 4.72. The summed E-state index contributed by atoms with van der Waals surface area (Å²) in [6, 6.07) is 14.0. The fourth-order valence-electron chi connectivity index (χ4n) is 2.12. The Kier molecular flexibility index (Phi) is 4.90. The van der Waals surface area contributed by atoms with E-state index in [1.165, 1.54) is 5.56 Å². The standard InChI is InChI=1S/C16H19BrN2O/c1-19(15-5-3-4-14(18)11-15)9-8-12-10-13(17)6-7-16(12)20-2/h3-7,10-11H,8-9,18H2,1-2H3. The molecule has 0 heterocycles. The molecule has 0 fully saturated rings. The van der Waals surface area contributed by atoms with Crippen LogP contribution in [0.2, 0.25) is 0 Å². The number of hydrogen-bond donors (Lipinski definition) is 1. The van der Waals surface area contributed by atoms with Gasteiger partial charge in [-0.15, -0.1) is 0 Å². The second kappa shape index (κ2) is 6.66. The molecule has 0 unspecified atom stereocenters. The van der Waals surface area contributed by atoms with Crippen LogP contribution in [0.15, 0.2) is 46.9 Å². The summed E-state index contributed by atoms with van der Waals surface area (Å²) in [6.07, 6.45) is 0.911. The van der Waals surface area contributed by atoms with Crippen LogP contribution in [0.4, 0.5) is 11.4 Å². The van der Waals surface area contributed by atoms with Gasteiger partial charge in [-0.3, -0.25) is 0 Å². The van der Waals surface area contributed by atoms with Gasteiger partial charge in [-0.2, -0.15) is 0 Å². The number of anilines is 2. The molecule has 0 spiro atoms. The van der Waals surface area contributed by atoms with Gasteiger partial charge in [0.05, 0.1) is 7.11 Å². The first-order valence-electron chi connectivity index (χ1n) is 6.49. The van der Waals surface area contributed by atoms with Crippen molar-refractivity contribution in [2.75, 3.05) is 31.3 Å². The minimum atomic E-state index is 0.786. The van der Waals surface area contributed by atoms with E-state index in [2.05, 4.69) is 40.0 Å². The van der Waals surface area contributed by atoms with Gasteiger partial charge in [-0.1, -0.05) is 22.0 Å². The van der Waals surface area contributed by atoms with Crippen molar-refractivity contribution in [3.05, 3.63) is 52.5 Å². The summed E-state index contributed by atoms with van der Waals surface area (Å²) in [6.45, 7) is 0.899. The molecule has 106 valence electrons. The average Bonchev–Trinajstić information content (AvgIpc) is 2.45. The van der Waals surface area contributed by atoms with E-state index in [0.29, 0.717) is 0 Å². The fourth-order valence-corrected chi connectivity index (χ4v) is 2.53. The fraction of sp³-hybridized carbons (Fsp3) is 0.250. The largest absolute Gasteiger partial charge is 0.496 e. The van der Waals surface area contributed by atoms with E-state index < -0.39 is 0 Å². The predicted molar refractivity (Wildman–Crippen MR) is 88.5 cm³/mol. The van der Waals surface area contributed by atoms with Gasteiger partial charge in [0.1, 0.15) is 5.75 Å². The Morgan fingerprint density at radius 2 is 2.00 bits per heavy atom. The molecule has 2 aromatic carbocycles. The highest BCUT2D eigenvalue weighted by molar-refractivity contribution is 9.10. The summed E-state index contributed by atoms with van der Waals surface area (Å²) in [4.78, 5) is 2.19. The molecule has 2 N–H and O–H groups in total. The van der Waals surface area contributed by atoms with Crippen molar-refractivity contribution in [2.45, 2.75) is 6.42 Å². The molecule has 3 nitrogen and oxygen atoms in total. The molecular formula is C16H19BrN2O. The molecule has 0 saturated heterocycles. The summed E-state index contributed by atoms with van der Waals surface area (Å²) in [5.74, 6) is 0.925. The summed E-state index contributed by atoms with van der Waals surface area (Å²) in [5, 5.41) is 0. The highest BCUT2D eigenvalue weighted by Gasteiger charge is 2.06. The lowest BCUT2D eigenvalue weighted by molar-refractivity contribution is 0.409. The van der Waals surface area contributed by atoms with Gasteiger partial charge in [0.25, 0.3) is 0 Å². The van der Waals surface area contributed by atoms with Crippen LogP contribution >= 0.6 is 15.9 Å². The van der Waals surface area contributed by atoms with Crippen LogP contribution in [0.3, 0.4) is 0 Å². The van der Waals surface area contributed by atoms with Gasteiger partial charge >= 0.3 is 0 Å². The quantitative estimate of drug-likeness (QED) is 0.847. The van der Waals surface area contributed by atoms with E-state index in [1.54, 1.807) is 7.11 Å². The van der Waals surface area contributed by atoms with Gasteiger partial charge in [-0.25, -0.2) is 0 Å². The molecule has 2 aromatic rings. The van der Waals surface area contributed by atoms with Gasteiger partial charge in [0.2, 0.25) is 0 Å². The number of methoxy groups -OCH3 is 1. The van der Waals surface area contributed by atoms with E-state index >= 15 is 0 Å². The highest BCUT2D eigenvalue weighted by Crippen LogP contribution is 2.24. The van der Waals surface area contributed by atoms with E-state index in [9.17, 15) is 0 Å². The lowest BCUT2D eigenvalue weighted by atomic mass is 10.1. The molecule has 0 amide bonds. The van der Waals surface area contributed by atoms with Crippen LogP contribution < -0.4 is 15.4 Å². The maximum atomic E-state index is 5.82. The molecule has 0 aliphatic heterocycles. The second-order valence-corrected chi connectivity index (χ2v) is 5.64. The van der Waals surface area contributed by atoms with Crippen LogP contribution in [0, 0.1) is 0 Å². The number of likely N-dealkylation sites (N-methyl/N-ethyl adjacent to an activating group) is 1. The zero-order valence-electron chi connectivity index (χ0n) is 11.8. The lowest BCUT2D eigenvalue weighted by Gasteiger charge is -2.20. The van der Waals surface area contributed by atoms with Gasteiger partial charge in [0.15, 0.2) is 0 Å². The zero-order valence-corrected chi connectivity index (χ0v) is 13.4. The summed E-state index contributed by atoms with van der Waals surface area (Å²) < 4.78 is 6.47. The van der Waals surface area contributed by atoms with Crippen molar-refractivity contribution in [2.24, 2.45) is 0 Å². The highest BCUT2D eigenvalue weighted by atomic mass is 79.9.